The van der Waals surface area contributed by atoms with Crippen LogP contribution < -0.4 is 5.46 Å². The van der Waals surface area contributed by atoms with Crippen molar-refractivity contribution in [2.45, 2.75) is 6.61 Å². The summed E-state index contributed by atoms with van der Waals surface area (Å²) in [5, 5.41) is 18.1. The van der Waals surface area contributed by atoms with E-state index in [1.165, 1.54) is 0 Å². The van der Waals surface area contributed by atoms with E-state index in [0.717, 1.165) is 10.0 Å². The van der Waals surface area contributed by atoms with Crippen LogP contribution in [0, 0.1) is 0 Å². The first-order chi connectivity index (χ1) is 6.15. The first-order valence-corrected chi connectivity index (χ1v) is 4.58. The Bertz CT molecular complexity index is 291. The van der Waals surface area contributed by atoms with E-state index in [4.69, 9.17) is 14.8 Å². The van der Waals surface area contributed by atoms with E-state index in [2.05, 4.69) is 15.9 Å². The molecule has 0 bridgehead atoms. The Hall–Kier alpha value is -0.355. The summed E-state index contributed by atoms with van der Waals surface area (Å²) < 4.78 is 5.74. The molecule has 2 N–H and O–H groups in total. The van der Waals surface area contributed by atoms with Crippen molar-refractivity contribution in [3.8, 4) is 0 Å². The number of methoxy groups -OCH3 is 1. The lowest BCUT2D eigenvalue weighted by molar-refractivity contribution is 0.185. The predicted molar refractivity (Wildman–Crippen MR) is 54.7 cm³/mol. The lowest BCUT2D eigenvalue weighted by atomic mass is 9.77. The first kappa shape index (κ1) is 10.7. The van der Waals surface area contributed by atoms with Crippen LogP contribution in [0.15, 0.2) is 22.7 Å². The Balaban J connectivity index is 3.03. The number of ether oxygens (including phenoxy) is 1. The molecule has 0 unspecified atom stereocenters. The summed E-state index contributed by atoms with van der Waals surface area (Å²) in [5.41, 5.74) is 1.25. The number of hydrogen-bond donors (Lipinski definition) is 2. The van der Waals surface area contributed by atoms with Crippen molar-refractivity contribution in [1.82, 2.24) is 0 Å². The zero-order valence-corrected chi connectivity index (χ0v) is 8.78. The molecule has 0 aliphatic carbocycles. The van der Waals surface area contributed by atoms with Crippen molar-refractivity contribution in [1.29, 1.82) is 0 Å². The molecule has 13 heavy (non-hydrogen) atoms. The van der Waals surface area contributed by atoms with Crippen LogP contribution in [-0.4, -0.2) is 24.3 Å². The molecule has 0 radical (unpaired) electrons. The molecular formula is C8H10BBrO3. The zero-order valence-electron chi connectivity index (χ0n) is 7.20. The second-order valence-corrected chi connectivity index (χ2v) is 3.57. The van der Waals surface area contributed by atoms with Gasteiger partial charge in [0.05, 0.1) is 6.61 Å². The second kappa shape index (κ2) is 4.76. The molecule has 0 atom stereocenters. The van der Waals surface area contributed by atoms with Gasteiger partial charge in [0.25, 0.3) is 0 Å². The summed E-state index contributed by atoms with van der Waals surface area (Å²) in [6, 6.07) is 5.29. The molecule has 0 heterocycles. The minimum absolute atomic E-state index is 0.375. The van der Waals surface area contributed by atoms with Crippen LogP contribution in [0.1, 0.15) is 5.56 Å². The average Bonchev–Trinajstić information content (AvgIpc) is 2.08. The van der Waals surface area contributed by atoms with Crippen LogP contribution in [-0.2, 0) is 11.3 Å². The zero-order chi connectivity index (χ0) is 9.84. The quantitative estimate of drug-likeness (QED) is 0.751. The molecule has 1 aromatic carbocycles. The first-order valence-electron chi connectivity index (χ1n) is 3.78. The van der Waals surface area contributed by atoms with E-state index in [0.29, 0.717) is 12.1 Å². The van der Waals surface area contributed by atoms with Crippen molar-refractivity contribution in [3.05, 3.63) is 28.2 Å². The van der Waals surface area contributed by atoms with Crippen LogP contribution in [0.4, 0.5) is 0 Å². The molecule has 1 aromatic rings. The van der Waals surface area contributed by atoms with Crippen molar-refractivity contribution in [3.63, 3.8) is 0 Å². The lowest BCUT2D eigenvalue weighted by Gasteiger charge is -2.07. The van der Waals surface area contributed by atoms with Crippen LogP contribution in [0.25, 0.3) is 0 Å². The minimum Gasteiger partial charge on any atom is -0.423 e. The molecule has 1 rings (SSSR count). The minimum atomic E-state index is -1.46. The van der Waals surface area contributed by atoms with E-state index in [9.17, 15) is 0 Å². The van der Waals surface area contributed by atoms with Gasteiger partial charge in [-0.3, -0.25) is 0 Å². The van der Waals surface area contributed by atoms with Crippen molar-refractivity contribution >= 4 is 28.5 Å². The van der Waals surface area contributed by atoms with Gasteiger partial charge in [0.2, 0.25) is 0 Å². The fourth-order valence-electron chi connectivity index (χ4n) is 1.09. The molecule has 3 nitrogen and oxygen atoms in total. The van der Waals surface area contributed by atoms with Gasteiger partial charge in [0, 0.05) is 11.6 Å². The van der Waals surface area contributed by atoms with Gasteiger partial charge in [-0.2, -0.15) is 0 Å². The monoisotopic (exact) mass is 244 g/mol. The lowest BCUT2D eigenvalue weighted by Crippen LogP contribution is -2.33. The molecule has 0 spiro atoms. The molecule has 5 heteroatoms. The van der Waals surface area contributed by atoms with Crippen LogP contribution in [0.5, 0.6) is 0 Å². The topological polar surface area (TPSA) is 49.7 Å². The predicted octanol–water partition coefficient (Wildman–Crippen LogP) is 0.275. The highest BCUT2D eigenvalue weighted by Gasteiger charge is 2.15. The molecule has 0 fully saturated rings. The van der Waals surface area contributed by atoms with E-state index in [-0.39, 0.29) is 0 Å². The third-order valence-corrected chi connectivity index (χ3v) is 2.18. The highest BCUT2D eigenvalue weighted by molar-refractivity contribution is 9.10. The largest absolute Gasteiger partial charge is 0.488 e. The Morgan fingerprint density at radius 2 is 2.15 bits per heavy atom. The van der Waals surface area contributed by atoms with Crippen LogP contribution in [0.3, 0.4) is 0 Å². The van der Waals surface area contributed by atoms with Gasteiger partial charge in [-0.25, -0.2) is 0 Å². The Labute approximate surface area is 85.6 Å². The fraction of sp³-hybridized carbons (Fsp3) is 0.250. The van der Waals surface area contributed by atoms with Gasteiger partial charge >= 0.3 is 7.12 Å². The molecule has 70 valence electrons. The van der Waals surface area contributed by atoms with Gasteiger partial charge in [-0.15, -0.1) is 0 Å². The highest BCUT2D eigenvalue weighted by atomic mass is 79.9. The molecule has 0 saturated heterocycles. The summed E-state index contributed by atoms with van der Waals surface area (Å²) in [4.78, 5) is 0. The molecule has 0 aliphatic heterocycles. The van der Waals surface area contributed by atoms with Gasteiger partial charge in [0.15, 0.2) is 0 Å². The average molecular weight is 245 g/mol. The third kappa shape index (κ3) is 2.81. The Kier molecular flexibility index (Phi) is 3.93. The fourth-order valence-corrected chi connectivity index (χ4v) is 1.47. The number of benzene rings is 1. The molecule has 0 amide bonds. The molecule has 0 saturated carbocycles. The van der Waals surface area contributed by atoms with Crippen molar-refractivity contribution in [2.24, 2.45) is 0 Å². The summed E-state index contributed by atoms with van der Waals surface area (Å²) in [7, 11) is 0.109. The Morgan fingerprint density at radius 3 is 2.69 bits per heavy atom. The van der Waals surface area contributed by atoms with Gasteiger partial charge < -0.3 is 14.8 Å². The van der Waals surface area contributed by atoms with Gasteiger partial charge in [0.1, 0.15) is 0 Å². The van der Waals surface area contributed by atoms with E-state index >= 15 is 0 Å². The SMILES string of the molecule is COCc1ccc(Br)cc1B(O)O. The van der Waals surface area contributed by atoms with Crippen LogP contribution >= 0.6 is 15.9 Å². The molecule has 0 aromatic heterocycles. The van der Waals surface area contributed by atoms with Crippen molar-refractivity contribution < 1.29 is 14.8 Å². The van der Waals surface area contributed by atoms with E-state index in [1.807, 2.05) is 6.07 Å². The number of rotatable bonds is 3. The number of halogens is 1. The van der Waals surface area contributed by atoms with Crippen LogP contribution in [0.2, 0.25) is 0 Å². The maximum atomic E-state index is 9.03. The number of hydrogen-bond acceptors (Lipinski definition) is 3. The Morgan fingerprint density at radius 1 is 1.46 bits per heavy atom. The van der Waals surface area contributed by atoms with E-state index in [1.54, 1.807) is 19.2 Å². The summed E-state index contributed by atoms with van der Waals surface area (Å²) in [5.74, 6) is 0. The summed E-state index contributed by atoms with van der Waals surface area (Å²) in [6.45, 7) is 0.375. The standard InChI is InChI=1S/C8H10BBrO3/c1-13-5-6-2-3-7(10)4-8(6)9(11)12/h2-4,11-12H,5H2,1H3. The van der Waals surface area contributed by atoms with E-state index < -0.39 is 7.12 Å². The molecular weight excluding hydrogens is 235 g/mol. The third-order valence-electron chi connectivity index (χ3n) is 1.69. The van der Waals surface area contributed by atoms with Gasteiger partial charge in [-0.1, -0.05) is 22.0 Å². The van der Waals surface area contributed by atoms with Gasteiger partial charge in [-0.05, 0) is 23.2 Å². The van der Waals surface area contributed by atoms with Crippen molar-refractivity contribution in [2.75, 3.05) is 7.11 Å². The maximum Gasteiger partial charge on any atom is 0.488 e. The maximum absolute atomic E-state index is 9.03. The highest BCUT2D eigenvalue weighted by Crippen LogP contribution is 2.09. The summed E-state index contributed by atoms with van der Waals surface area (Å²) >= 11 is 3.25. The smallest absolute Gasteiger partial charge is 0.423 e. The molecule has 0 aliphatic rings. The normalized spacial score (nSPS) is 10.2. The summed E-state index contributed by atoms with van der Waals surface area (Å²) in [6.07, 6.45) is 0. The second-order valence-electron chi connectivity index (χ2n) is 2.65.